The van der Waals surface area contributed by atoms with Crippen molar-refractivity contribution in [1.29, 1.82) is 0 Å². The zero-order valence-electron chi connectivity index (χ0n) is 15.8. The minimum Gasteiger partial charge on any atom is -0.353 e. The first-order valence-corrected chi connectivity index (χ1v) is 11.5. The maximum Gasteiger partial charge on any atom is 0.245 e. The summed E-state index contributed by atoms with van der Waals surface area (Å²) in [4.78, 5) is 12.9. The molecule has 1 aliphatic heterocycles. The van der Waals surface area contributed by atoms with E-state index >= 15 is 0 Å². The molecule has 1 saturated carbocycles. The molecule has 2 aliphatic rings. The van der Waals surface area contributed by atoms with Crippen LogP contribution < -0.4 is 5.32 Å². The smallest absolute Gasteiger partial charge is 0.245 e. The fraction of sp³-hybridized carbons (Fsp3) is 0.632. The molecule has 4 rings (SSSR count). The highest BCUT2D eigenvalue weighted by Gasteiger charge is 2.35. The lowest BCUT2D eigenvalue weighted by Gasteiger charge is -2.32. The van der Waals surface area contributed by atoms with Gasteiger partial charge in [-0.25, -0.2) is 13.0 Å². The molecule has 1 saturated heterocycles. The molecule has 28 heavy (non-hydrogen) atoms. The fourth-order valence-electron chi connectivity index (χ4n) is 4.25. The molecular weight excluding hydrogens is 380 g/mol. The molecule has 8 nitrogen and oxygen atoms in total. The Morgan fingerprint density at radius 1 is 1.07 bits per heavy atom. The maximum absolute atomic E-state index is 13.2. The molecule has 1 N–H and O–H groups in total. The summed E-state index contributed by atoms with van der Waals surface area (Å²) in [6.45, 7) is 0.597. The molecule has 152 valence electrons. The van der Waals surface area contributed by atoms with Crippen molar-refractivity contribution < 1.29 is 17.8 Å². The van der Waals surface area contributed by atoms with Gasteiger partial charge in [0.2, 0.25) is 15.9 Å². The van der Waals surface area contributed by atoms with E-state index in [2.05, 4.69) is 15.6 Å². The SMILES string of the molecule is O=C(NC1CCCCCC1)[C@H]1CCCN(S(=O)(=O)c2cccc3nonc23)C1. The minimum absolute atomic E-state index is 0.0203. The Hall–Kier alpha value is -2.00. The van der Waals surface area contributed by atoms with Gasteiger partial charge in [-0.15, -0.1) is 0 Å². The highest BCUT2D eigenvalue weighted by Crippen LogP contribution is 2.28. The van der Waals surface area contributed by atoms with Crippen molar-refractivity contribution in [2.24, 2.45) is 5.92 Å². The molecular formula is C19H26N4O4S. The molecule has 2 aromatic rings. The van der Waals surface area contributed by atoms with Crippen molar-refractivity contribution in [3.8, 4) is 0 Å². The zero-order valence-corrected chi connectivity index (χ0v) is 16.7. The number of rotatable bonds is 4. The highest BCUT2D eigenvalue weighted by molar-refractivity contribution is 7.89. The summed E-state index contributed by atoms with van der Waals surface area (Å²) in [6.07, 6.45) is 8.14. The second-order valence-corrected chi connectivity index (χ2v) is 9.69. The summed E-state index contributed by atoms with van der Waals surface area (Å²) in [5, 5.41) is 10.6. The predicted molar refractivity (Wildman–Crippen MR) is 103 cm³/mol. The number of piperidine rings is 1. The summed E-state index contributed by atoms with van der Waals surface area (Å²) in [5.41, 5.74) is 0.633. The predicted octanol–water partition coefficient (Wildman–Crippen LogP) is 2.46. The first-order valence-electron chi connectivity index (χ1n) is 10.1. The summed E-state index contributed by atoms with van der Waals surface area (Å²) >= 11 is 0. The Kier molecular flexibility index (Phi) is 5.63. The lowest BCUT2D eigenvalue weighted by molar-refractivity contribution is -0.126. The third-order valence-corrected chi connectivity index (χ3v) is 7.72. The van der Waals surface area contributed by atoms with Crippen molar-refractivity contribution in [3.63, 3.8) is 0 Å². The molecule has 1 aromatic heterocycles. The van der Waals surface area contributed by atoms with Crippen LogP contribution in [0.25, 0.3) is 11.0 Å². The van der Waals surface area contributed by atoms with Gasteiger partial charge in [-0.1, -0.05) is 31.7 Å². The van der Waals surface area contributed by atoms with Crippen molar-refractivity contribution in [3.05, 3.63) is 18.2 Å². The number of nitrogens with one attached hydrogen (secondary N) is 1. The van der Waals surface area contributed by atoms with E-state index in [0.717, 1.165) is 25.7 Å². The molecule has 0 spiro atoms. The van der Waals surface area contributed by atoms with Crippen molar-refractivity contribution in [2.45, 2.75) is 62.3 Å². The van der Waals surface area contributed by atoms with Crippen molar-refractivity contribution in [2.75, 3.05) is 13.1 Å². The van der Waals surface area contributed by atoms with Gasteiger partial charge in [0.25, 0.3) is 0 Å². The van der Waals surface area contributed by atoms with Gasteiger partial charge in [-0.2, -0.15) is 4.31 Å². The maximum atomic E-state index is 13.2. The van der Waals surface area contributed by atoms with Gasteiger partial charge >= 0.3 is 0 Å². The van der Waals surface area contributed by atoms with Crippen LogP contribution >= 0.6 is 0 Å². The topological polar surface area (TPSA) is 105 Å². The van der Waals surface area contributed by atoms with E-state index in [-0.39, 0.29) is 34.8 Å². The van der Waals surface area contributed by atoms with Gasteiger partial charge in [-0.3, -0.25) is 4.79 Å². The fourth-order valence-corrected chi connectivity index (χ4v) is 5.91. The lowest BCUT2D eigenvalue weighted by Crippen LogP contribution is -2.47. The van der Waals surface area contributed by atoms with Gasteiger partial charge in [0.15, 0.2) is 5.52 Å². The van der Waals surface area contributed by atoms with Crippen LogP contribution in [0.5, 0.6) is 0 Å². The number of aromatic nitrogens is 2. The van der Waals surface area contributed by atoms with E-state index in [1.54, 1.807) is 12.1 Å². The van der Waals surface area contributed by atoms with E-state index in [1.807, 2.05) is 0 Å². The van der Waals surface area contributed by atoms with E-state index in [9.17, 15) is 13.2 Å². The number of sulfonamides is 1. The third-order valence-electron chi connectivity index (χ3n) is 5.82. The first kappa shape index (κ1) is 19.3. The monoisotopic (exact) mass is 406 g/mol. The van der Waals surface area contributed by atoms with E-state index in [0.29, 0.717) is 24.9 Å². The number of fused-ring (bicyclic) bond motifs is 1. The van der Waals surface area contributed by atoms with Crippen LogP contribution in [0.3, 0.4) is 0 Å². The lowest BCUT2D eigenvalue weighted by atomic mass is 9.97. The van der Waals surface area contributed by atoms with E-state index in [4.69, 9.17) is 4.63 Å². The van der Waals surface area contributed by atoms with Crippen LogP contribution in [0, 0.1) is 5.92 Å². The number of nitrogens with zero attached hydrogens (tertiary/aromatic N) is 3. The number of amides is 1. The normalized spacial score (nSPS) is 22.8. The van der Waals surface area contributed by atoms with Gasteiger partial charge in [0.05, 0.1) is 5.92 Å². The Balaban J connectivity index is 1.48. The Bertz CT molecular complexity index is 934. The number of hydrogen-bond donors (Lipinski definition) is 1. The number of carbonyl (C=O) groups is 1. The van der Waals surface area contributed by atoms with Crippen molar-refractivity contribution >= 4 is 27.0 Å². The third kappa shape index (κ3) is 3.91. The second-order valence-electron chi connectivity index (χ2n) is 7.79. The largest absolute Gasteiger partial charge is 0.353 e. The Labute approximate surface area is 164 Å². The number of carbonyl (C=O) groups excluding carboxylic acids is 1. The molecule has 0 unspecified atom stereocenters. The molecule has 1 atom stereocenters. The summed E-state index contributed by atoms with van der Waals surface area (Å²) in [7, 11) is -3.77. The summed E-state index contributed by atoms with van der Waals surface area (Å²) in [5.74, 6) is -0.338. The Morgan fingerprint density at radius 3 is 2.64 bits per heavy atom. The van der Waals surface area contributed by atoms with E-state index in [1.165, 1.54) is 23.2 Å². The van der Waals surface area contributed by atoms with Crippen LogP contribution in [0.1, 0.15) is 51.4 Å². The Morgan fingerprint density at radius 2 is 1.86 bits per heavy atom. The van der Waals surface area contributed by atoms with Crippen LogP contribution in [-0.2, 0) is 14.8 Å². The van der Waals surface area contributed by atoms with Gasteiger partial charge in [-0.05, 0) is 48.1 Å². The molecule has 1 aliphatic carbocycles. The standard InChI is InChI=1S/C19H26N4O4S/c24-19(20-15-8-3-1-2-4-9-15)14-7-6-12-23(13-14)28(25,26)17-11-5-10-16-18(17)22-27-21-16/h5,10-11,14-15H,1-4,6-9,12-13H2,(H,20,24)/t14-/m0/s1. The molecule has 1 amide bonds. The first-order chi connectivity index (χ1) is 13.6. The van der Waals surface area contributed by atoms with Crippen LogP contribution in [0.2, 0.25) is 0 Å². The molecule has 0 radical (unpaired) electrons. The number of benzene rings is 1. The zero-order chi connectivity index (χ0) is 19.6. The molecule has 1 aromatic carbocycles. The molecule has 2 heterocycles. The van der Waals surface area contributed by atoms with Crippen molar-refractivity contribution in [1.82, 2.24) is 19.9 Å². The highest BCUT2D eigenvalue weighted by atomic mass is 32.2. The average Bonchev–Trinajstić information content (AvgIpc) is 3.05. The quantitative estimate of drug-likeness (QED) is 0.782. The summed E-state index contributed by atoms with van der Waals surface area (Å²) < 4.78 is 32.5. The summed E-state index contributed by atoms with van der Waals surface area (Å²) in [6, 6.07) is 5.01. The second kappa shape index (κ2) is 8.16. The van der Waals surface area contributed by atoms with Gasteiger partial charge < -0.3 is 5.32 Å². The average molecular weight is 407 g/mol. The molecule has 0 bridgehead atoms. The minimum atomic E-state index is -3.77. The van der Waals surface area contributed by atoms with Gasteiger partial charge in [0.1, 0.15) is 10.4 Å². The van der Waals surface area contributed by atoms with Crippen LogP contribution in [-0.4, -0.2) is 48.1 Å². The van der Waals surface area contributed by atoms with Crippen LogP contribution in [0.4, 0.5) is 0 Å². The van der Waals surface area contributed by atoms with Crippen LogP contribution in [0.15, 0.2) is 27.7 Å². The molecule has 2 fully saturated rings. The van der Waals surface area contributed by atoms with E-state index < -0.39 is 10.0 Å². The van der Waals surface area contributed by atoms with Gasteiger partial charge in [0, 0.05) is 19.1 Å². The number of hydrogen-bond acceptors (Lipinski definition) is 6. The molecule has 9 heteroatoms.